The van der Waals surface area contributed by atoms with Crippen molar-refractivity contribution in [3.8, 4) is 11.6 Å². The molecule has 2 unspecified atom stereocenters. The van der Waals surface area contributed by atoms with E-state index in [0.717, 1.165) is 42.0 Å². The molecule has 13 heteroatoms. The van der Waals surface area contributed by atoms with Gasteiger partial charge in [-0.15, -0.1) is 10.2 Å². The summed E-state index contributed by atoms with van der Waals surface area (Å²) in [5, 5.41) is 18.0. The highest BCUT2D eigenvalue weighted by Crippen LogP contribution is 2.46. The molecular formula is C25H25ClFN9O2. The third-order valence-corrected chi connectivity index (χ3v) is 7.47. The highest BCUT2D eigenvalue weighted by molar-refractivity contribution is 6.30. The summed E-state index contributed by atoms with van der Waals surface area (Å²) in [4.78, 5) is 20.2. The fourth-order valence-electron chi connectivity index (χ4n) is 4.97. The number of carbonyl (C=O) groups excluding carboxylic acids is 1. The summed E-state index contributed by atoms with van der Waals surface area (Å²) in [6, 6.07) is 7.08. The second-order valence-electron chi connectivity index (χ2n) is 9.62. The van der Waals surface area contributed by atoms with Crippen molar-refractivity contribution in [1.29, 1.82) is 0 Å². The number of aryl methyl sites for hydroxylation is 1. The van der Waals surface area contributed by atoms with Gasteiger partial charge >= 0.3 is 0 Å². The van der Waals surface area contributed by atoms with Crippen LogP contribution in [0.3, 0.4) is 0 Å². The molecule has 1 N–H and O–H groups in total. The number of anilines is 1. The zero-order chi connectivity index (χ0) is 26.4. The highest BCUT2D eigenvalue weighted by Gasteiger charge is 2.45. The first kappa shape index (κ1) is 24.3. The molecule has 38 heavy (non-hydrogen) atoms. The molecule has 3 aromatic heterocycles. The highest BCUT2D eigenvalue weighted by atomic mass is 35.5. The van der Waals surface area contributed by atoms with Crippen LogP contribution in [0.4, 0.5) is 10.2 Å². The zero-order valence-corrected chi connectivity index (χ0v) is 21.6. The van der Waals surface area contributed by atoms with Crippen LogP contribution in [0.2, 0.25) is 5.02 Å². The van der Waals surface area contributed by atoms with E-state index in [1.807, 2.05) is 13.0 Å². The number of ether oxygens (including phenoxy) is 1. The number of aromatic nitrogens is 7. The zero-order valence-electron chi connectivity index (χ0n) is 20.8. The van der Waals surface area contributed by atoms with Gasteiger partial charge in [-0.25, -0.2) is 14.1 Å². The van der Waals surface area contributed by atoms with Gasteiger partial charge in [-0.05, 0) is 59.4 Å². The first-order chi connectivity index (χ1) is 18.4. The van der Waals surface area contributed by atoms with Crippen molar-refractivity contribution in [1.82, 2.24) is 40.3 Å². The molecule has 196 valence electrons. The molecule has 0 spiro atoms. The minimum Gasteiger partial charge on any atom is -0.479 e. The Kier molecular flexibility index (Phi) is 6.18. The number of rotatable bonds is 8. The van der Waals surface area contributed by atoms with Crippen LogP contribution < -0.4 is 15.0 Å². The van der Waals surface area contributed by atoms with Gasteiger partial charge in [0.05, 0.1) is 24.4 Å². The summed E-state index contributed by atoms with van der Waals surface area (Å²) >= 11 is 5.99. The normalized spacial score (nSPS) is 17.9. The number of piperidine rings is 1. The van der Waals surface area contributed by atoms with Gasteiger partial charge < -0.3 is 15.0 Å². The molecule has 1 aliphatic heterocycles. The number of fused-ring (bicyclic) bond motifs is 1. The van der Waals surface area contributed by atoms with Crippen molar-refractivity contribution in [2.75, 3.05) is 25.1 Å². The third-order valence-electron chi connectivity index (χ3n) is 7.17. The summed E-state index contributed by atoms with van der Waals surface area (Å²) in [5.41, 5.74) is 2.62. The standard InChI is InChI=1S/C25H25ClFN9O2/c1-14-15(3-6-22(30-14)34-9-16-7-17(16)10-34)11-35-12-19(25(31-35)38-2)24(37)28-8-18-21(36-13-29-32-33-36)5-4-20(26)23(18)27/h3-6,12-13,16-17H,7-11H2,1-2H3,(H,28,37). The van der Waals surface area contributed by atoms with Gasteiger partial charge in [0.2, 0.25) is 5.88 Å². The van der Waals surface area contributed by atoms with Gasteiger partial charge in [0.25, 0.3) is 5.91 Å². The van der Waals surface area contributed by atoms with E-state index in [-0.39, 0.29) is 28.6 Å². The molecule has 0 bridgehead atoms. The van der Waals surface area contributed by atoms with E-state index in [4.69, 9.17) is 21.3 Å². The van der Waals surface area contributed by atoms with E-state index in [9.17, 15) is 9.18 Å². The quantitative estimate of drug-likeness (QED) is 0.365. The van der Waals surface area contributed by atoms with Crippen LogP contribution >= 0.6 is 11.6 Å². The molecule has 0 radical (unpaired) electrons. The minimum absolute atomic E-state index is 0.0759. The number of tetrazole rings is 1. The SMILES string of the molecule is COc1nn(Cc2ccc(N3CC4CC4C3)nc2C)cc1C(=O)NCc1c(-n2cnnn2)ccc(Cl)c1F. The van der Waals surface area contributed by atoms with Crippen LogP contribution in [-0.4, -0.2) is 61.1 Å². The molecule has 1 amide bonds. The van der Waals surface area contributed by atoms with Gasteiger partial charge in [0.15, 0.2) is 0 Å². The van der Waals surface area contributed by atoms with Crippen LogP contribution in [0.15, 0.2) is 36.8 Å². The van der Waals surface area contributed by atoms with Crippen LogP contribution in [0.1, 0.15) is 33.6 Å². The van der Waals surface area contributed by atoms with E-state index in [1.165, 1.54) is 30.6 Å². The monoisotopic (exact) mass is 537 g/mol. The molecule has 1 saturated heterocycles. The molecule has 2 atom stereocenters. The maximum atomic E-state index is 14.9. The van der Waals surface area contributed by atoms with Gasteiger partial charge in [-0.3, -0.25) is 9.48 Å². The average molecular weight is 538 g/mol. The van der Waals surface area contributed by atoms with Crippen molar-refractivity contribution in [3.05, 3.63) is 70.0 Å². The maximum Gasteiger partial charge on any atom is 0.258 e. The number of hydrogen-bond donors (Lipinski definition) is 1. The number of nitrogens with one attached hydrogen (secondary N) is 1. The molecular weight excluding hydrogens is 513 g/mol. The number of nitrogens with zero attached hydrogens (tertiary/aromatic N) is 8. The Labute approximate surface area is 222 Å². The lowest BCUT2D eigenvalue weighted by Gasteiger charge is -2.20. The van der Waals surface area contributed by atoms with Crippen LogP contribution in [0.25, 0.3) is 5.69 Å². The Morgan fingerprint density at radius 1 is 1.24 bits per heavy atom. The summed E-state index contributed by atoms with van der Waals surface area (Å²) in [6.45, 7) is 4.41. The van der Waals surface area contributed by atoms with Crippen molar-refractivity contribution in [2.24, 2.45) is 11.8 Å². The summed E-state index contributed by atoms with van der Waals surface area (Å²) in [6.07, 6.45) is 4.28. The van der Waals surface area contributed by atoms with Crippen molar-refractivity contribution in [3.63, 3.8) is 0 Å². The van der Waals surface area contributed by atoms with E-state index in [0.29, 0.717) is 12.2 Å². The van der Waals surface area contributed by atoms with Crippen LogP contribution in [-0.2, 0) is 13.1 Å². The molecule has 4 aromatic rings. The number of pyridine rings is 1. The fourth-order valence-corrected chi connectivity index (χ4v) is 5.15. The lowest BCUT2D eigenvalue weighted by molar-refractivity contribution is 0.0947. The molecule has 11 nitrogen and oxygen atoms in total. The molecule has 4 heterocycles. The summed E-state index contributed by atoms with van der Waals surface area (Å²) in [7, 11) is 1.44. The predicted molar refractivity (Wildman–Crippen MR) is 136 cm³/mol. The topological polar surface area (TPSA) is 116 Å². The third kappa shape index (κ3) is 4.55. The van der Waals surface area contributed by atoms with Gasteiger partial charge in [-0.2, -0.15) is 0 Å². The second-order valence-corrected chi connectivity index (χ2v) is 10.0. The van der Waals surface area contributed by atoms with Gasteiger partial charge in [-0.1, -0.05) is 17.7 Å². The molecule has 1 aromatic carbocycles. The Morgan fingerprint density at radius 3 is 2.76 bits per heavy atom. The number of hydrogen-bond acceptors (Lipinski definition) is 8. The van der Waals surface area contributed by atoms with E-state index < -0.39 is 11.7 Å². The Hall–Kier alpha value is -4.06. The number of carbonyl (C=O) groups is 1. The smallest absolute Gasteiger partial charge is 0.258 e. The van der Waals surface area contributed by atoms with E-state index >= 15 is 0 Å². The Balaban J connectivity index is 1.17. The number of halogens is 2. The molecule has 1 saturated carbocycles. The lowest BCUT2D eigenvalue weighted by atomic mass is 10.1. The van der Waals surface area contributed by atoms with Gasteiger partial charge in [0, 0.05) is 37.1 Å². The molecule has 6 rings (SSSR count). The lowest BCUT2D eigenvalue weighted by Crippen LogP contribution is -2.24. The van der Waals surface area contributed by atoms with Crippen molar-refractivity contribution < 1.29 is 13.9 Å². The number of methoxy groups -OCH3 is 1. The molecule has 1 aliphatic carbocycles. The van der Waals surface area contributed by atoms with Crippen molar-refractivity contribution >= 4 is 23.3 Å². The number of benzene rings is 1. The Morgan fingerprint density at radius 2 is 2.05 bits per heavy atom. The molecule has 2 aliphatic rings. The summed E-state index contributed by atoms with van der Waals surface area (Å²) in [5.74, 6) is 1.69. The van der Waals surface area contributed by atoms with E-state index in [2.05, 4.69) is 36.9 Å². The van der Waals surface area contributed by atoms with Crippen LogP contribution in [0, 0.1) is 24.6 Å². The van der Waals surface area contributed by atoms with E-state index in [1.54, 1.807) is 16.9 Å². The average Bonchev–Trinajstić information content (AvgIpc) is 3.33. The first-order valence-electron chi connectivity index (χ1n) is 12.2. The maximum absolute atomic E-state index is 14.9. The van der Waals surface area contributed by atoms with Gasteiger partial charge in [0.1, 0.15) is 23.5 Å². The van der Waals surface area contributed by atoms with Crippen molar-refractivity contribution in [2.45, 2.75) is 26.4 Å². The second kappa shape index (κ2) is 9.67. The predicted octanol–water partition coefficient (Wildman–Crippen LogP) is 2.80. The molecule has 2 fully saturated rings. The number of amides is 1. The Bertz CT molecular complexity index is 1500. The van der Waals surface area contributed by atoms with Crippen LogP contribution in [0.5, 0.6) is 5.88 Å². The fraction of sp³-hybridized carbons (Fsp3) is 0.360. The largest absolute Gasteiger partial charge is 0.479 e. The first-order valence-corrected chi connectivity index (χ1v) is 12.6. The summed E-state index contributed by atoms with van der Waals surface area (Å²) < 4.78 is 23.2. The minimum atomic E-state index is -0.667.